The summed E-state index contributed by atoms with van der Waals surface area (Å²) >= 11 is 1.42. The van der Waals surface area contributed by atoms with Gasteiger partial charge in [0.2, 0.25) is 0 Å². The molecule has 0 radical (unpaired) electrons. The number of methoxy groups -OCH3 is 1. The highest BCUT2D eigenvalue weighted by Crippen LogP contribution is 2.26. The van der Waals surface area contributed by atoms with E-state index in [0.717, 1.165) is 44.6 Å². The Morgan fingerprint density at radius 1 is 1.14 bits per heavy atom. The number of Topliss-reactive ketones (excluding diaryl/α,β-unsaturated/α-hetero) is 1. The first-order chi connectivity index (χ1) is 13.6. The van der Waals surface area contributed by atoms with Crippen LogP contribution in [-0.4, -0.2) is 33.2 Å². The lowest BCUT2D eigenvalue weighted by Gasteiger charge is -2.09. The van der Waals surface area contributed by atoms with Gasteiger partial charge in [-0.05, 0) is 44.2 Å². The Labute approximate surface area is 167 Å². The van der Waals surface area contributed by atoms with Gasteiger partial charge in [0.05, 0.1) is 23.9 Å². The minimum atomic E-state index is 0.0957. The number of H-pyrrole nitrogens is 1. The zero-order valence-corrected chi connectivity index (χ0v) is 16.8. The van der Waals surface area contributed by atoms with Crippen LogP contribution in [0, 0.1) is 13.8 Å². The van der Waals surface area contributed by atoms with E-state index in [1.165, 1.54) is 11.8 Å². The zero-order chi connectivity index (χ0) is 19.7. The molecule has 5 nitrogen and oxygen atoms in total. The molecule has 0 aliphatic carbocycles. The smallest absolute Gasteiger partial charge is 0.175 e. The number of nitrogens with one attached hydrogen (secondary N) is 1. The van der Waals surface area contributed by atoms with E-state index in [-0.39, 0.29) is 5.78 Å². The molecule has 0 saturated carbocycles. The number of hydrogen-bond acceptors (Lipinski definition) is 4. The predicted octanol–water partition coefficient (Wildman–Crippen LogP) is 4.95. The van der Waals surface area contributed by atoms with Crippen molar-refractivity contribution in [2.45, 2.75) is 19.0 Å². The normalized spacial score (nSPS) is 11.1. The molecular weight excluding hydrogens is 370 g/mol. The summed E-state index contributed by atoms with van der Waals surface area (Å²) in [6.07, 6.45) is 0. The molecule has 0 aliphatic heterocycles. The summed E-state index contributed by atoms with van der Waals surface area (Å²) in [6, 6.07) is 17.7. The van der Waals surface area contributed by atoms with E-state index in [9.17, 15) is 4.79 Å². The van der Waals surface area contributed by atoms with Gasteiger partial charge in [0.1, 0.15) is 5.75 Å². The minimum Gasteiger partial charge on any atom is -0.497 e. The number of para-hydroxylation sites is 1. The van der Waals surface area contributed by atoms with Gasteiger partial charge in [-0.15, -0.1) is 0 Å². The number of ether oxygens (including phenoxy) is 1. The van der Waals surface area contributed by atoms with Crippen LogP contribution in [0.5, 0.6) is 5.75 Å². The number of aromatic amines is 1. The molecule has 0 atom stereocenters. The van der Waals surface area contributed by atoms with Gasteiger partial charge >= 0.3 is 0 Å². The second kappa shape index (κ2) is 7.56. The fourth-order valence-electron chi connectivity index (χ4n) is 3.39. The Kier molecular flexibility index (Phi) is 4.96. The Bertz CT molecular complexity index is 1150. The molecule has 6 heteroatoms. The van der Waals surface area contributed by atoms with Crippen LogP contribution >= 0.6 is 11.8 Å². The summed E-state index contributed by atoms with van der Waals surface area (Å²) in [4.78, 5) is 20.6. The first-order valence-electron chi connectivity index (χ1n) is 9.01. The number of hydrogen-bond donors (Lipinski definition) is 1. The average molecular weight is 391 g/mol. The van der Waals surface area contributed by atoms with E-state index in [0.29, 0.717) is 5.75 Å². The number of aryl methyl sites for hydroxylation is 1. The molecule has 0 amide bonds. The molecule has 0 fully saturated rings. The number of aromatic nitrogens is 3. The van der Waals surface area contributed by atoms with Gasteiger partial charge in [-0.25, -0.2) is 4.98 Å². The van der Waals surface area contributed by atoms with Crippen LogP contribution in [0.4, 0.5) is 0 Å². The highest BCUT2D eigenvalue weighted by atomic mass is 32.2. The standard InChI is InChI=1S/C22H21N3O2S/c1-14-11-18(15(2)25(14)16-7-5-4-6-8-16)21(26)13-28-22-23-19-10-9-17(27-3)12-20(19)24-22/h4-12H,13H2,1-3H3,(H,23,24). The van der Waals surface area contributed by atoms with Gasteiger partial charge < -0.3 is 14.3 Å². The molecule has 142 valence electrons. The Morgan fingerprint density at radius 3 is 2.68 bits per heavy atom. The fraction of sp³-hybridized carbons (Fsp3) is 0.182. The summed E-state index contributed by atoms with van der Waals surface area (Å²) in [5.41, 5.74) is 5.59. The molecule has 2 aromatic heterocycles. The molecule has 2 heterocycles. The quantitative estimate of drug-likeness (QED) is 0.373. The Morgan fingerprint density at radius 2 is 1.93 bits per heavy atom. The number of fused-ring (bicyclic) bond motifs is 1. The molecule has 28 heavy (non-hydrogen) atoms. The molecule has 2 aromatic carbocycles. The maximum Gasteiger partial charge on any atom is 0.175 e. The lowest BCUT2D eigenvalue weighted by Crippen LogP contribution is -2.05. The van der Waals surface area contributed by atoms with Crippen LogP contribution in [0.2, 0.25) is 0 Å². The lowest BCUT2D eigenvalue weighted by molar-refractivity contribution is 0.102. The summed E-state index contributed by atoms with van der Waals surface area (Å²) in [7, 11) is 1.64. The van der Waals surface area contributed by atoms with Gasteiger partial charge in [-0.3, -0.25) is 4.79 Å². The van der Waals surface area contributed by atoms with Gasteiger partial charge in [0.25, 0.3) is 0 Å². The summed E-state index contributed by atoms with van der Waals surface area (Å²) in [5.74, 6) is 1.20. The SMILES string of the molecule is COc1ccc2nc(SCC(=O)c3cc(C)n(-c4ccccc4)c3C)[nH]c2c1. The van der Waals surface area contributed by atoms with Crippen molar-refractivity contribution < 1.29 is 9.53 Å². The Balaban J connectivity index is 1.53. The third-order valence-electron chi connectivity index (χ3n) is 4.75. The van der Waals surface area contributed by atoms with Crippen molar-refractivity contribution >= 4 is 28.6 Å². The fourth-order valence-corrected chi connectivity index (χ4v) is 4.16. The molecule has 0 spiro atoms. The van der Waals surface area contributed by atoms with Crippen LogP contribution < -0.4 is 4.74 Å². The molecule has 4 aromatic rings. The lowest BCUT2D eigenvalue weighted by atomic mass is 10.2. The second-order valence-corrected chi connectivity index (χ2v) is 7.56. The van der Waals surface area contributed by atoms with Crippen molar-refractivity contribution in [3.63, 3.8) is 0 Å². The third kappa shape index (κ3) is 3.43. The zero-order valence-electron chi connectivity index (χ0n) is 16.0. The maximum atomic E-state index is 12.9. The molecule has 0 bridgehead atoms. The summed E-state index contributed by atoms with van der Waals surface area (Å²) in [6.45, 7) is 4.02. The molecule has 4 rings (SSSR count). The number of imidazole rings is 1. The van der Waals surface area contributed by atoms with Crippen molar-refractivity contribution in [3.05, 3.63) is 71.5 Å². The van der Waals surface area contributed by atoms with Gasteiger partial charge in [0, 0.05) is 28.7 Å². The number of nitrogens with zero attached hydrogens (tertiary/aromatic N) is 2. The Hall–Kier alpha value is -2.99. The minimum absolute atomic E-state index is 0.0957. The number of ketones is 1. The number of rotatable bonds is 6. The maximum absolute atomic E-state index is 12.9. The van der Waals surface area contributed by atoms with E-state index in [4.69, 9.17) is 4.74 Å². The highest BCUT2D eigenvalue weighted by Gasteiger charge is 2.17. The average Bonchev–Trinajstić information content (AvgIpc) is 3.26. The number of carbonyl (C=O) groups is 1. The largest absolute Gasteiger partial charge is 0.497 e. The van der Waals surface area contributed by atoms with E-state index >= 15 is 0 Å². The van der Waals surface area contributed by atoms with Crippen LogP contribution in [-0.2, 0) is 0 Å². The van der Waals surface area contributed by atoms with Crippen LogP contribution in [0.25, 0.3) is 16.7 Å². The van der Waals surface area contributed by atoms with Crippen molar-refractivity contribution in [2.24, 2.45) is 0 Å². The third-order valence-corrected chi connectivity index (χ3v) is 5.63. The van der Waals surface area contributed by atoms with Crippen molar-refractivity contribution in [1.29, 1.82) is 0 Å². The molecule has 0 unspecified atom stereocenters. The van der Waals surface area contributed by atoms with E-state index in [1.54, 1.807) is 7.11 Å². The summed E-state index contributed by atoms with van der Waals surface area (Å²) in [5, 5.41) is 0.730. The monoisotopic (exact) mass is 391 g/mol. The number of carbonyl (C=O) groups excluding carboxylic acids is 1. The van der Waals surface area contributed by atoms with Gasteiger partial charge in [0.15, 0.2) is 10.9 Å². The molecule has 0 aliphatic rings. The van der Waals surface area contributed by atoms with Gasteiger partial charge in [-0.2, -0.15) is 0 Å². The first kappa shape index (κ1) is 18.4. The van der Waals surface area contributed by atoms with Gasteiger partial charge in [-0.1, -0.05) is 30.0 Å². The van der Waals surface area contributed by atoms with Crippen molar-refractivity contribution in [1.82, 2.24) is 14.5 Å². The van der Waals surface area contributed by atoms with E-state index in [2.05, 4.69) is 14.5 Å². The molecular formula is C22H21N3O2S. The molecule has 1 N–H and O–H groups in total. The van der Waals surface area contributed by atoms with E-state index < -0.39 is 0 Å². The van der Waals surface area contributed by atoms with Crippen LogP contribution in [0.15, 0.2) is 59.8 Å². The predicted molar refractivity (Wildman–Crippen MR) is 113 cm³/mol. The first-order valence-corrected chi connectivity index (χ1v) is 9.99. The van der Waals surface area contributed by atoms with Crippen LogP contribution in [0.3, 0.4) is 0 Å². The van der Waals surface area contributed by atoms with E-state index in [1.807, 2.05) is 68.4 Å². The van der Waals surface area contributed by atoms with Crippen LogP contribution in [0.1, 0.15) is 21.7 Å². The number of thioether (sulfide) groups is 1. The van der Waals surface area contributed by atoms with Crippen molar-refractivity contribution in [2.75, 3.05) is 12.9 Å². The highest BCUT2D eigenvalue weighted by molar-refractivity contribution is 7.99. The van der Waals surface area contributed by atoms with Crippen molar-refractivity contribution in [3.8, 4) is 11.4 Å². The molecule has 0 saturated heterocycles. The summed E-state index contributed by atoms with van der Waals surface area (Å²) < 4.78 is 7.36. The number of benzene rings is 2. The topological polar surface area (TPSA) is 59.9 Å². The second-order valence-electron chi connectivity index (χ2n) is 6.59.